The average molecular weight is 331 g/mol. The zero-order valence-corrected chi connectivity index (χ0v) is 15.9. The van der Waals surface area contributed by atoms with Crippen molar-refractivity contribution < 1.29 is 4.74 Å². The number of nitrogens with zero attached hydrogens (tertiary/aromatic N) is 1. The summed E-state index contributed by atoms with van der Waals surface area (Å²) < 4.78 is 5.88. The van der Waals surface area contributed by atoms with Crippen molar-refractivity contribution >= 4 is 11.4 Å². The highest BCUT2D eigenvalue weighted by Gasteiger charge is 2.24. The predicted molar refractivity (Wildman–Crippen MR) is 103 cm³/mol. The Morgan fingerprint density at radius 2 is 1.67 bits per heavy atom. The molecule has 3 rings (SSSR count). The van der Waals surface area contributed by atoms with Crippen molar-refractivity contribution in [1.29, 1.82) is 0 Å². The van der Waals surface area contributed by atoms with Gasteiger partial charge in [0.05, 0.1) is 12.2 Å². The molecular formula is C21H34N2O. The normalized spacial score (nSPS) is 25.8. The molecule has 1 aromatic carbocycles. The van der Waals surface area contributed by atoms with Crippen LogP contribution in [-0.2, 0) is 4.74 Å². The average Bonchev–Trinajstić information content (AvgIpc) is 2.56. The molecule has 3 heteroatoms. The minimum Gasteiger partial charge on any atom is -0.385 e. The maximum atomic E-state index is 5.88. The van der Waals surface area contributed by atoms with Crippen LogP contribution < -0.4 is 10.2 Å². The third-order valence-electron chi connectivity index (χ3n) is 5.82. The van der Waals surface area contributed by atoms with Crippen LogP contribution in [0.3, 0.4) is 0 Å². The van der Waals surface area contributed by atoms with Crippen LogP contribution in [0.2, 0.25) is 0 Å². The van der Waals surface area contributed by atoms with E-state index in [0.29, 0.717) is 12.2 Å². The topological polar surface area (TPSA) is 24.5 Å². The Morgan fingerprint density at radius 1 is 1.00 bits per heavy atom. The van der Waals surface area contributed by atoms with Gasteiger partial charge in [-0.3, -0.25) is 0 Å². The lowest BCUT2D eigenvalue weighted by Crippen LogP contribution is -2.45. The first-order chi connectivity index (χ1) is 11.5. The standard InChI is InChI=1S/C21H34N2O/c1-15-13-23(14-16(2)24-15)21-11-10-20(17(3)18(21)4)22-12-19-8-6-5-7-9-19/h10-11,15-16,19,22H,5-9,12-14H2,1-4H3. The molecule has 2 fully saturated rings. The molecule has 1 N–H and O–H groups in total. The Kier molecular flexibility index (Phi) is 5.70. The van der Waals surface area contributed by atoms with E-state index in [4.69, 9.17) is 4.74 Å². The fourth-order valence-electron chi connectivity index (χ4n) is 4.36. The van der Waals surface area contributed by atoms with Crippen molar-refractivity contribution in [2.75, 3.05) is 29.9 Å². The summed E-state index contributed by atoms with van der Waals surface area (Å²) in [6.07, 6.45) is 7.65. The van der Waals surface area contributed by atoms with Crippen LogP contribution >= 0.6 is 0 Å². The Balaban J connectivity index is 1.69. The van der Waals surface area contributed by atoms with E-state index in [0.717, 1.165) is 25.6 Å². The number of anilines is 2. The summed E-state index contributed by atoms with van der Waals surface area (Å²) in [5, 5.41) is 3.73. The lowest BCUT2D eigenvalue weighted by Gasteiger charge is -2.38. The van der Waals surface area contributed by atoms with Gasteiger partial charge in [-0.05, 0) is 69.7 Å². The first-order valence-electron chi connectivity index (χ1n) is 9.79. The first kappa shape index (κ1) is 17.6. The van der Waals surface area contributed by atoms with E-state index >= 15 is 0 Å². The summed E-state index contributed by atoms with van der Waals surface area (Å²) in [6, 6.07) is 4.58. The van der Waals surface area contributed by atoms with Gasteiger partial charge in [0.25, 0.3) is 0 Å². The molecule has 1 saturated heterocycles. The molecule has 1 saturated carbocycles. The van der Waals surface area contributed by atoms with E-state index in [2.05, 4.69) is 50.0 Å². The molecule has 134 valence electrons. The van der Waals surface area contributed by atoms with Gasteiger partial charge in [-0.1, -0.05) is 19.3 Å². The number of morpholine rings is 1. The van der Waals surface area contributed by atoms with E-state index < -0.39 is 0 Å². The number of ether oxygens (including phenoxy) is 1. The molecule has 0 bridgehead atoms. The minimum absolute atomic E-state index is 0.303. The quantitative estimate of drug-likeness (QED) is 0.849. The molecule has 0 radical (unpaired) electrons. The van der Waals surface area contributed by atoms with Crippen molar-refractivity contribution in [3.63, 3.8) is 0 Å². The monoisotopic (exact) mass is 330 g/mol. The fourth-order valence-corrected chi connectivity index (χ4v) is 4.36. The summed E-state index contributed by atoms with van der Waals surface area (Å²) in [5.41, 5.74) is 5.49. The van der Waals surface area contributed by atoms with E-state index in [1.165, 1.54) is 54.6 Å². The fraction of sp³-hybridized carbons (Fsp3) is 0.714. The SMILES string of the molecule is Cc1c(NCC2CCCCC2)ccc(N2CC(C)OC(C)C2)c1C. The van der Waals surface area contributed by atoms with Crippen molar-refractivity contribution in [2.24, 2.45) is 5.92 Å². The highest BCUT2D eigenvalue weighted by atomic mass is 16.5. The predicted octanol–water partition coefficient (Wildman–Crippen LogP) is 4.91. The smallest absolute Gasteiger partial charge is 0.0726 e. The second-order valence-electron chi connectivity index (χ2n) is 7.93. The molecule has 1 aromatic rings. The number of benzene rings is 1. The molecule has 2 aliphatic rings. The van der Waals surface area contributed by atoms with Gasteiger partial charge in [0, 0.05) is 31.0 Å². The molecule has 1 heterocycles. The van der Waals surface area contributed by atoms with Crippen LogP contribution in [0, 0.1) is 19.8 Å². The van der Waals surface area contributed by atoms with Crippen molar-refractivity contribution in [2.45, 2.75) is 72.0 Å². The zero-order valence-electron chi connectivity index (χ0n) is 15.9. The van der Waals surface area contributed by atoms with Crippen LogP contribution in [0.5, 0.6) is 0 Å². The molecular weight excluding hydrogens is 296 g/mol. The molecule has 1 aliphatic carbocycles. The number of rotatable bonds is 4. The minimum atomic E-state index is 0.303. The number of hydrogen-bond acceptors (Lipinski definition) is 3. The van der Waals surface area contributed by atoms with Crippen LogP contribution in [0.1, 0.15) is 57.1 Å². The van der Waals surface area contributed by atoms with Gasteiger partial charge in [-0.25, -0.2) is 0 Å². The van der Waals surface area contributed by atoms with Crippen LogP contribution in [0.15, 0.2) is 12.1 Å². The van der Waals surface area contributed by atoms with Crippen molar-refractivity contribution in [1.82, 2.24) is 0 Å². The largest absolute Gasteiger partial charge is 0.385 e. The van der Waals surface area contributed by atoms with Gasteiger partial charge >= 0.3 is 0 Å². The van der Waals surface area contributed by atoms with Gasteiger partial charge in [0.15, 0.2) is 0 Å². The molecule has 0 amide bonds. The third-order valence-corrected chi connectivity index (χ3v) is 5.82. The van der Waals surface area contributed by atoms with E-state index in [9.17, 15) is 0 Å². The summed E-state index contributed by atoms with van der Waals surface area (Å²) in [4.78, 5) is 2.49. The van der Waals surface area contributed by atoms with Crippen LogP contribution in [-0.4, -0.2) is 31.8 Å². The Labute approximate surface area is 147 Å². The molecule has 24 heavy (non-hydrogen) atoms. The summed E-state index contributed by atoms with van der Waals surface area (Å²) >= 11 is 0. The summed E-state index contributed by atoms with van der Waals surface area (Å²) in [5.74, 6) is 0.860. The van der Waals surface area contributed by atoms with E-state index in [1.54, 1.807) is 0 Å². The number of hydrogen-bond donors (Lipinski definition) is 1. The second-order valence-corrected chi connectivity index (χ2v) is 7.93. The highest BCUT2D eigenvalue weighted by Crippen LogP contribution is 2.31. The molecule has 2 atom stereocenters. The Bertz CT molecular complexity index is 541. The van der Waals surface area contributed by atoms with Crippen molar-refractivity contribution in [3.05, 3.63) is 23.3 Å². The van der Waals surface area contributed by atoms with E-state index in [1.807, 2.05) is 0 Å². The summed E-state index contributed by atoms with van der Waals surface area (Å²) in [6.45, 7) is 12.0. The zero-order chi connectivity index (χ0) is 17.1. The van der Waals surface area contributed by atoms with E-state index in [-0.39, 0.29) is 0 Å². The Morgan fingerprint density at radius 3 is 2.33 bits per heavy atom. The molecule has 1 aliphatic heterocycles. The highest BCUT2D eigenvalue weighted by molar-refractivity contribution is 5.66. The van der Waals surface area contributed by atoms with Crippen LogP contribution in [0.4, 0.5) is 11.4 Å². The molecule has 2 unspecified atom stereocenters. The maximum Gasteiger partial charge on any atom is 0.0726 e. The van der Waals surface area contributed by atoms with Gasteiger partial charge in [-0.15, -0.1) is 0 Å². The molecule has 3 nitrogen and oxygen atoms in total. The molecule has 0 aromatic heterocycles. The summed E-state index contributed by atoms with van der Waals surface area (Å²) in [7, 11) is 0. The molecule has 0 spiro atoms. The second kappa shape index (κ2) is 7.77. The van der Waals surface area contributed by atoms with Gasteiger partial charge in [0.1, 0.15) is 0 Å². The van der Waals surface area contributed by atoms with Gasteiger partial charge in [0.2, 0.25) is 0 Å². The van der Waals surface area contributed by atoms with Crippen LogP contribution in [0.25, 0.3) is 0 Å². The lowest BCUT2D eigenvalue weighted by atomic mass is 9.89. The first-order valence-corrected chi connectivity index (χ1v) is 9.79. The maximum absolute atomic E-state index is 5.88. The van der Waals surface area contributed by atoms with Crippen molar-refractivity contribution in [3.8, 4) is 0 Å². The lowest BCUT2D eigenvalue weighted by molar-refractivity contribution is -0.00524. The van der Waals surface area contributed by atoms with Gasteiger partial charge < -0.3 is 15.0 Å². The third kappa shape index (κ3) is 4.05. The Hall–Kier alpha value is -1.22. The number of nitrogens with one attached hydrogen (secondary N) is 1. The van der Waals surface area contributed by atoms with Gasteiger partial charge in [-0.2, -0.15) is 0 Å².